The Morgan fingerprint density at radius 3 is 2.50 bits per heavy atom. The molecule has 0 spiro atoms. The fourth-order valence-corrected chi connectivity index (χ4v) is 3.25. The van der Waals surface area contributed by atoms with E-state index in [2.05, 4.69) is 0 Å². The molecule has 0 atom stereocenters. The first-order chi connectivity index (χ1) is 9.49. The molecular weight excluding hydrogens is 277 g/mol. The first-order valence-corrected chi connectivity index (χ1v) is 9.23. The van der Waals surface area contributed by atoms with Crippen LogP contribution in [0.5, 0.6) is 5.75 Å². The van der Waals surface area contributed by atoms with Gasteiger partial charge in [0.1, 0.15) is 13.5 Å². The van der Waals surface area contributed by atoms with Crippen LogP contribution >= 0.6 is 7.14 Å². The van der Waals surface area contributed by atoms with Gasteiger partial charge in [-0.15, -0.1) is 0 Å². The van der Waals surface area contributed by atoms with Gasteiger partial charge in [0.05, 0.1) is 4.92 Å². The molecule has 0 unspecified atom stereocenters. The molecule has 0 radical (unpaired) electrons. The van der Waals surface area contributed by atoms with E-state index in [-0.39, 0.29) is 17.8 Å². The highest BCUT2D eigenvalue weighted by molar-refractivity contribution is 7.63. The van der Waals surface area contributed by atoms with Crippen LogP contribution in [0.2, 0.25) is 0 Å². The quantitative estimate of drug-likeness (QED) is 0.429. The number of ether oxygens (including phenoxy) is 1. The highest BCUT2D eigenvalue weighted by atomic mass is 31.2. The van der Waals surface area contributed by atoms with Gasteiger partial charge in [-0.25, -0.2) is 0 Å². The summed E-state index contributed by atoms with van der Waals surface area (Å²) in [5, 5.41) is 11.1. The van der Waals surface area contributed by atoms with E-state index in [9.17, 15) is 14.7 Å². The van der Waals surface area contributed by atoms with Gasteiger partial charge in [0, 0.05) is 18.4 Å². The monoisotopic (exact) mass is 297 g/mol. The minimum Gasteiger partial charge on any atom is -0.479 e. The van der Waals surface area contributed by atoms with Crippen molar-refractivity contribution in [2.75, 3.05) is 18.7 Å². The molecule has 20 heavy (non-hydrogen) atoms. The van der Waals surface area contributed by atoms with E-state index in [4.69, 9.17) is 4.74 Å². The summed E-state index contributed by atoms with van der Waals surface area (Å²) in [6, 6.07) is 5.11. The number of hydrogen-bond donors (Lipinski definition) is 0. The van der Waals surface area contributed by atoms with Crippen LogP contribution in [0.25, 0.3) is 0 Å². The predicted octanol–water partition coefficient (Wildman–Crippen LogP) is 4.21. The molecule has 0 aliphatic heterocycles. The van der Waals surface area contributed by atoms with Gasteiger partial charge in [-0.2, -0.15) is 0 Å². The molecule has 1 aromatic rings. The smallest absolute Gasteiger partial charge is 0.311 e. The summed E-state index contributed by atoms with van der Waals surface area (Å²) in [5.74, 6) is 0.682. The molecule has 1 fully saturated rings. The fourth-order valence-electron chi connectivity index (χ4n) is 2.06. The summed E-state index contributed by atoms with van der Waals surface area (Å²) >= 11 is 0. The molecule has 0 aromatic heterocycles. The molecule has 1 saturated carbocycles. The highest BCUT2D eigenvalue weighted by Gasteiger charge is 2.27. The van der Waals surface area contributed by atoms with E-state index in [0.29, 0.717) is 18.2 Å². The van der Waals surface area contributed by atoms with Crippen LogP contribution in [-0.2, 0) is 4.57 Å². The first kappa shape index (κ1) is 15.0. The van der Waals surface area contributed by atoms with Crippen molar-refractivity contribution in [1.29, 1.82) is 0 Å². The lowest BCUT2D eigenvalue weighted by Crippen LogP contribution is -2.05. The third kappa shape index (κ3) is 3.40. The Morgan fingerprint density at radius 2 is 2.00 bits per heavy atom. The summed E-state index contributed by atoms with van der Waals surface area (Å²) in [6.07, 6.45) is 3.37. The van der Waals surface area contributed by atoms with Crippen LogP contribution in [0.3, 0.4) is 0 Å². The zero-order chi connectivity index (χ0) is 14.8. The van der Waals surface area contributed by atoms with Gasteiger partial charge in [-0.05, 0) is 30.4 Å². The normalized spacial score (nSPS) is 15.1. The Labute approximate surface area is 118 Å². The Morgan fingerprint density at radius 1 is 1.35 bits per heavy atom. The van der Waals surface area contributed by atoms with Crippen molar-refractivity contribution in [3.63, 3.8) is 0 Å². The molecule has 0 heterocycles. The van der Waals surface area contributed by atoms with Gasteiger partial charge in [0.2, 0.25) is 0 Å². The van der Waals surface area contributed by atoms with Crippen molar-refractivity contribution in [3.8, 4) is 5.75 Å². The average Bonchev–Trinajstić information content (AvgIpc) is 3.29. The zero-order valence-corrected chi connectivity index (χ0v) is 12.8. The van der Waals surface area contributed by atoms with Gasteiger partial charge in [0.15, 0.2) is 5.75 Å². The van der Waals surface area contributed by atoms with Crippen molar-refractivity contribution in [1.82, 2.24) is 0 Å². The van der Waals surface area contributed by atoms with Crippen LogP contribution in [0.4, 0.5) is 5.69 Å². The van der Waals surface area contributed by atoms with Crippen molar-refractivity contribution >= 4 is 12.8 Å². The lowest BCUT2D eigenvalue weighted by Gasteiger charge is -2.15. The molecule has 110 valence electrons. The van der Waals surface area contributed by atoms with E-state index in [0.717, 1.165) is 18.4 Å². The maximum absolute atomic E-state index is 12.3. The maximum atomic E-state index is 12.3. The van der Waals surface area contributed by atoms with Gasteiger partial charge >= 0.3 is 5.69 Å². The standard InChI is InChI=1S/C14H20NO4P/c1-3-20(18,4-2)10-19-14-8-7-12(11-5-6-11)9-13(14)15(16)17/h7-9,11H,3-6,10H2,1-2H3. The van der Waals surface area contributed by atoms with Gasteiger partial charge in [0.25, 0.3) is 0 Å². The largest absolute Gasteiger partial charge is 0.479 e. The summed E-state index contributed by atoms with van der Waals surface area (Å²) in [5.41, 5.74) is 0.978. The Bertz CT molecular complexity index is 546. The molecule has 6 heteroatoms. The Balaban J connectivity index is 2.18. The average molecular weight is 297 g/mol. The molecule has 1 aromatic carbocycles. The van der Waals surface area contributed by atoms with E-state index < -0.39 is 12.1 Å². The number of nitro benzene ring substituents is 1. The number of nitrogens with zero attached hydrogens (tertiary/aromatic N) is 1. The third-order valence-electron chi connectivity index (χ3n) is 3.84. The second-order valence-corrected chi connectivity index (χ2v) is 8.86. The number of benzene rings is 1. The summed E-state index contributed by atoms with van der Waals surface area (Å²) in [6.45, 7) is 3.72. The van der Waals surface area contributed by atoms with Crippen LogP contribution in [0.1, 0.15) is 38.2 Å². The molecule has 2 rings (SSSR count). The molecule has 0 amide bonds. The fraction of sp³-hybridized carbons (Fsp3) is 0.571. The molecule has 0 N–H and O–H groups in total. The topological polar surface area (TPSA) is 69.4 Å². The zero-order valence-electron chi connectivity index (χ0n) is 11.9. The van der Waals surface area contributed by atoms with Crippen LogP contribution < -0.4 is 4.74 Å². The van der Waals surface area contributed by atoms with E-state index in [1.165, 1.54) is 0 Å². The third-order valence-corrected chi connectivity index (χ3v) is 6.74. The Kier molecular flexibility index (Phi) is 4.48. The molecule has 0 bridgehead atoms. The first-order valence-electron chi connectivity index (χ1n) is 6.97. The minimum atomic E-state index is -2.36. The second-order valence-electron chi connectivity index (χ2n) is 5.22. The van der Waals surface area contributed by atoms with Crippen LogP contribution in [0, 0.1) is 10.1 Å². The number of rotatable bonds is 7. The molecule has 1 aliphatic rings. The summed E-state index contributed by atoms with van der Waals surface area (Å²) < 4.78 is 17.8. The minimum absolute atomic E-state index is 0.0202. The maximum Gasteiger partial charge on any atom is 0.311 e. The molecule has 5 nitrogen and oxygen atoms in total. The summed E-state index contributed by atoms with van der Waals surface area (Å²) in [4.78, 5) is 10.7. The molecule has 0 saturated heterocycles. The van der Waals surface area contributed by atoms with Gasteiger partial charge in [-0.1, -0.05) is 19.9 Å². The predicted molar refractivity (Wildman–Crippen MR) is 79.3 cm³/mol. The molecular formula is C14H20NO4P. The lowest BCUT2D eigenvalue weighted by molar-refractivity contribution is -0.385. The van der Waals surface area contributed by atoms with E-state index >= 15 is 0 Å². The molecule has 1 aliphatic carbocycles. The van der Waals surface area contributed by atoms with E-state index in [1.54, 1.807) is 12.1 Å². The van der Waals surface area contributed by atoms with Gasteiger partial charge < -0.3 is 9.30 Å². The number of hydrogen-bond acceptors (Lipinski definition) is 4. The Hall–Kier alpha value is -1.35. The van der Waals surface area contributed by atoms with Crippen molar-refractivity contribution in [2.45, 2.75) is 32.6 Å². The number of nitro groups is 1. The highest BCUT2D eigenvalue weighted by Crippen LogP contribution is 2.46. The van der Waals surface area contributed by atoms with Crippen molar-refractivity contribution in [3.05, 3.63) is 33.9 Å². The van der Waals surface area contributed by atoms with Gasteiger partial charge in [-0.3, -0.25) is 10.1 Å². The lowest BCUT2D eigenvalue weighted by atomic mass is 10.1. The van der Waals surface area contributed by atoms with Crippen molar-refractivity contribution < 1.29 is 14.2 Å². The van der Waals surface area contributed by atoms with Crippen LogP contribution in [0.15, 0.2) is 18.2 Å². The second kappa shape index (κ2) is 5.96. The summed E-state index contributed by atoms with van der Waals surface area (Å²) in [7, 11) is -2.36. The van der Waals surface area contributed by atoms with E-state index in [1.807, 2.05) is 19.9 Å². The SMILES string of the molecule is CCP(=O)(CC)COc1ccc(C2CC2)cc1[N+](=O)[O-]. The van der Waals surface area contributed by atoms with Crippen LogP contribution in [-0.4, -0.2) is 23.6 Å². The van der Waals surface area contributed by atoms with Crippen molar-refractivity contribution in [2.24, 2.45) is 0 Å².